The summed E-state index contributed by atoms with van der Waals surface area (Å²) >= 11 is 5.99. The fraction of sp³-hybridized carbons (Fsp3) is 0.150. The lowest BCUT2D eigenvalue weighted by molar-refractivity contribution is 0.102. The minimum atomic E-state index is -0.268. The van der Waals surface area contributed by atoms with E-state index in [9.17, 15) is 4.79 Å². The predicted molar refractivity (Wildman–Crippen MR) is 105 cm³/mol. The second-order valence-electron chi connectivity index (χ2n) is 5.92. The Morgan fingerprint density at radius 1 is 1.08 bits per heavy atom. The summed E-state index contributed by atoms with van der Waals surface area (Å²) in [5.41, 5.74) is 3.26. The average Bonchev–Trinajstić information content (AvgIpc) is 2.62. The van der Waals surface area contributed by atoms with Gasteiger partial charge in [0.05, 0.1) is 0 Å². The summed E-state index contributed by atoms with van der Waals surface area (Å²) < 4.78 is 0. The number of benzene rings is 2. The molecular formula is C20H19ClN4O. The molecule has 1 heterocycles. The molecule has 0 aliphatic rings. The maximum atomic E-state index is 12.4. The van der Waals surface area contributed by atoms with Crippen molar-refractivity contribution in [3.05, 3.63) is 82.8 Å². The molecule has 3 rings (SSSR count). The summed E-state index contributed by atoms with van der Waals surface area (Å²) in [6, 6.07) is 17.0. The molecule has 132 valence electrons. The van der Waals surface area contributed by atoms with Crippen molar-refractivity contribution in [1.29, 1.82) is 0 Å². The number of carbonyl (C=O) groups excluding carboxylic acids is 1. The van der Waals surface area contributed by atoms with Gasteiger partial charge in [0.25, 0.3) is 5.91 Å². The predicted octanol–water partition coefficient (Wildman–Crippen LogP) is 4.35. The van der Waals surface area contributed by atoms with Gasteiger partial charge in [-0.25, -0.2) is 9.97 Å². The molecular weight excluding hydrogens is 348 g/mol. The number of rotatable bonds is 6. The van der Waals surface area contributed by atoms with E-state index in [1.807, 2.05) is 55.5 Å². The SMILES string of the molecule is Cc1cccc(NC(=O)c2cc(NCCc3cccc(Cl)c3)ncn2)c1. The van der Waals surface area contributed by atoms with Crippen molar-refractivity contribution in [1.82, 2.24) is 9.97 Å². The van der Waals surface area contributed by atoms with Crippen LogP contribution in [0.2, 0.25) is 5.02 Å². The molecule has 3 aromatic rings. The van der Waals surface area contributed by atoms with Gasteiger partial charge in [-0.15, -0.1) is 0 Å². The molecule has 6 heteroatoms. The minimum Gasteiger partial charge on any atom is -0.370 e. The van der Waals surface area contributed by atoms with Crippen molar-refractivity contribution in [2.24, 2.45) is 0 Å². The number of hydrogen-bond acceptors (Lipinski definition) is 4. The van der Waals surface area contributed by atoms with Gasteiger partial charge in [0.15, 0.2) is 0 Å². The molecule has 0 spiro atoms. The first-order chi connectivity index (χ1) is 12.6. The number of amides is 1. The molecule has 0 aliphatic carbocycles. The van der Waals surface area contributed by atoms with Crippen molar-refractivity contribution < 1.29 is 4.79 Å². The Bertz CT molecular complexity index is 914. The third-order valence-electron chi connectivity index (χ3n) is 3.78. The Morgan fingerprint density at radius 3 is 2.73 bits per heavy atom. The van der Waals surface area contributed by atoms with E-state index in [4.69, 9.17) is 11.6 Å². The maximum Gasteiger partial charge on any atom is 0.274 e. The van der Waals surface area contributed by atoms with Crippen LogP contribution in [-0.2, 0) is 6.42 Å². The van der Waals surface area contributed by atoms with Crippen LogP contribution >= 0.6 is 11.6 Å². The van der Waals surface area contributed by atoms with E-state index in [1.165, 1.54) is 6.33 Å². The lowest BCUT2D eigenvalue weighted by Gasteiger charge is -2.08. The molecule has 0 unspecified atom stereocenters. The zero-order chi connectivity index (χ0) is 18.4. The molecule has 0 saturated carbocycles. The molecule has 0 radical (unpaired) electrons. The molecule has 26 heavy (non-hydrogen) atoms. The fourth-order valence-electron chi connectivity index (χ4n) is 2.52. The van der Waals surface area contributed by atoms with Gasteiger partial charge >= 0.3 is 0 Å². The monoisotopic (exact) mass is 366 g/mol. The highest BCUT2D eigenvalue weighted by Gasteiger charge is 2.09. The largest absolute Gasteiger partial charge is 0.370 e. The molecule has 0 atom stereocenters. The highest BCUT2D eigenvalue weighted by Crippen LogP contribution is 2.13. The number of aromatic nitrogens is 2. The van der Waals surface area contributed by atoms with E-state index in [0.717, 1.165) is 28.3 Å². The van der Waals surface area contributed by atoms with Gasteiger partial charge in [0.2, 0.25) is 0 Å². The molecule has 5 nitrogen and oxygen atoms in total. The van der Waals surface area contributed by atoms with Crippen LogP contribution in [0.15, 0.2) is 60.9 Å². The number of nitrogens with one attached hydrogen (secondary N) is 2. The van der Waals surface area contributed by atoms with E-state index < -0.39 is 0 Å². The first kappa shape index (κ1) is 17.9. The van der Waals surface area contributed by atoms with Gasteiger partial charge in [0.1, 0.15) is 17.8 Å². The standard InChI is InChI=1S/C20H19ClN4O/c1-14-4-2-7-17(10-14)25-20(26)18-12-19(24-13-23-18)22-9-8-15-5-3-6-16(21)11-15/h2-7,10-13H,8-9H2,1H3,(H,25,26)(H,22,23,24). The van der Waals surface area contributed by atoms with Crippen LogP contribution in [0.5, 0.6) is 0 Å². The van der Waals surface area contributed by atoms with Crippen molar-refractivity contribution >= 4 is 29.0 Å². The van der Waals surface area contributed by atoms with Gasteiger partial charge in [-0.1, -0.05) is 35.9 Å². The average molecular weight is 367 g/mol. The second-order valence-corrected chi connectivity index (χ2v) is 6.36. The molecule has 2 N–H and O–H groups in total. The van der Waals surface area contributed by atoms with Crippen LogP contribution in [0, 0.1) is 6.92 Å². The molecule has 1 aromatic heterocycles. The van der Waals surface area contributed by atoms with Gasteiger partial charge in [-0.2, -0.15) is 0 Å². The van der Waals surface area contributed by atoms with E-state index in [2.05, 4.69) is 20.6 Å². The maximum absolute atomic E-state index is 12.4. The molecule has 0 bridgehead atoms. The van der Waals surface area contributed by atoms with Gasteiger partial charge in [-0.05, 0) is 48.7 Å². The van der Waals surface area contributed by atoms with Crippen LogP contribution in [0.4, 0.5) is 11.5 Å². The van der Waals surface area contributed by atoms with E-state index >= 15 is 0 Å². The van der Waals surface area contributed by atoms with Crippen LogP contribution in [0.3, 0.4) is 0 Å². The zero-order valence-corrected chi connectivity index (χ0v) is 15.1. The summed E-state index contributed by atoms with van der Waals surface area (Å²) in [6.45, 7) is 2.65. The highest BCUT2D eigenvalue weighted by molar-refractivity contribution is 6.30. The van der Waals surface area contributed by atoms with E-state index in [-0.39, 0.29) is 5.91 Å². The van der Waals surface area contributed by atoms with Crippen molar-refractivity contribution in [2.45, 2.75) is 13.3 Å². The highest BCUT2D eigenvalue weighted by atomic mass is 35.5. The summed E-state index contributed by atoms with van der Waals surface area (Å²) in [7, 11) is 0. The van der Waals surface area contributed by atoms with Crippen LogP contribution in [0.1, 0.15) is 21.6 Å². The van der Waals surface area contributed by atoms with Crippen LogP contribution < -0.4 is 10.6 Å². The van der Waals surface area contributed by atoms with Gasteiger partial charge in [-0.3, -0.25) is 4.79 Å². The Hall–Kier alpha value is -2.92. The lowest BCUT2D eigenvalue weighted by atomic mass is 10.1. The number of hydrogen-bond donors (Lipinski definition) is 2. The summed E-state index contributed by atoms with van der Waals surface area (Å²) in [5.74, 6) is 0.340. The number of anilines is 2. The Morgan fingerprint density at radius 2 is 1.92 bits per heavy atom. The summed E-state index contributed by atoms with van der Waals surface area (Å²) in [6.07, 6.45) is 2.18. The fourth-order valence-corrected chi connectivity index (χ4v) is 2.74. The van der Waals surface area contributed by atoms with Gasteiger partial charge in [0, 0.05) is 23.3 Å². The second kappa shape index (κ2) is 8.45. The number of carbonyl (C=O) groups is 1. The quantitative estimate of drug-likeness (QED) is 0.680. The molecule has 0 saturated heterocycles. The Balaban J connectivity index is 1.59. The normalized spacial score (nSPS) is 10.4. The third-order valence-corrected chi connectivity index (χ3v) is 4.02. The molecule has 2 aromatic carbocycles. The van der Waals surface area contributed by atoms with E-state index in [0.29, 0.717) is 18.1 Å². The Kier molecular flexibility index (Phi) is 5.81. The zero-order valence-electron chi connectivity index (χ0n) is 14.4. The summed E-state index contributed by atoms with van der Waals surface area (Å²) in [4.78, 5) is 20.6. The third kappa shape index (κ3) is 5.04. The van der Waals surface area contributed by atoms with E-state index in [1.54, 1.807) is 6.07 Å². The van der Waals surface area contributed by atoms with Crippen molar-refractivity contribution in [3.63, 3.8) is 0 Å². The van der Waals surface area contributed by atoms with Gasteiger partial charge < -0.3 is 10.6 Å². The molecule has 1 amide bonds. The van der Waals surface area contributed by atoms with Crippen molar-refractivity contribution in [2.75, 3.05) is 17.2 Å². The number of aryl methyl sites for hydroxylation is 1. The topological polar surface area (TPSA) is 66.9 Å². The number of nitrogens with zero attached hydrogens (tertiary/aromatic N) is 2. The number of halogens is 1. The smallest absolute Gasteiger partial charge is 0.274 e. The Labute approximate surface area is 157 Å². The van der Waals surface area contributed by atoms with Crippen LogP contribution in [0.25, 0.3) is 0 Å². The first-order valence-electron chi connectivity index (χ1n) is 8.28. The lowest BCUT2D eigenvalue weighted by Crippen LogP contribution is -2.15. The molecule has 0 aliphatic heterocycles. The summed E-state index contributed by atoms with van der Waals surface area (Å²) in [5, 5.41) is 6.77. The van der Waals surface area contributed by atoms with Crippen LogP contribution in [-0.4, -0.2) is 22.4 Å². The first-order valence-corrected chi connectivity index (χ1v) is 8.66. The minimum absolute atomic E-state index is 0.268. The molecule has 0 fully saturated rings. The van der Waals surface area contributed by atoms with Crippen molar-refractivity contribution in [3.8, 4) is 0 Å².